The number of rotatable bonds is 7. The molecule has 1 N–H and O–H groups in total. The van der Waals surface area contributed by atoms with Crippen LogP contribution in [0.3, 0.4) is 0 Å². The van der Waals surface area contributed by atoms with Gasteiger partial charge in [0.05, 0.1) is 0 Å². The summed E-state index contributed by atoms with van der Waals surface area (Å²) in [6.45, 7) is 7.71. The van der Waals surface area contributed by atoms with E-state index < -0.39 is 0 Å². The first-order valence-corrected chi connectivity index (χ1v) is 7.52. The Morgan fingerprint density at radius 3 is 2.68 bits per heavy atom. The fourth-order valence-corrected chi connectivity index (χ4v) is 2.27. The zero-order valence-electron chi connectivity index (χ0n) is 13.4. The van der Waals surface area contributed by atoms with E-state index in [0.717, 1.165) is 17.1 Å². The Hall–Kier alpha value is -2.14. The van der Waals surface area contributed by atoms with E-state index in [4.69, 9.17) is 4.74 Å². The molecule has 0 aliphatic carbocycles. The number of para-hydroxylation sites is 1. The lowest BCUT2D eigenvalue weighted by atomic mass is 10.3. The molecule has 0 saturated heterocycles. The van der Waals surface area contributed by atoms with Crippen LogP contribution in [0.2, 0.25) is 0 Å². The molecule has 1 heterocycles. The summed E-state index contributed by atoms with van der Waals surface area (Å²) in [5.74, 6) is 0.867. The first kappa shape index (κ1) is 16.2. The SMILES string of the molecule is Cc1cc(C)n(CCN[C@@H](C)COc2ccccc2)c(=O)n1. The summed E-state index contributed by atoms with van der Waals surface area (Å²) in [5.41, 5.74) is 1.51. The number of hydrogen-bond donors (Lipinski definition) is 1. The summed E-state index contributed by atoms with van der Waals surface area (Å²) in [7, 11) is 0. The minimum Gasteiger partial charge on any atom is -0.492 e. The molecule has 2 rings (SSSR count). The van der Waals surface area contributed by atoms with Crippen molar-refractivity contribution < 1.29 is 4.74 Å². The molecule has 1 aromatic heterocycles. The van der Waals surface area contributed by atoms with Crippen LogP contribution in [0.1, 0.15) is 18.3 Å². The number of nitrogens with zero attached hydrogens (tertiary/aromatic N) is 2. The second-order valence-corrected chi connectivity index (χ2v) is 5.45. The Bertz CT molecular complexity index is 653. The number of hydrogen-bond acceptors (Lipinski definition) is 4. The van der Waals surface area contributed by atoms with Crippen LogP contribution < -0.4 is 15.7 Å². The second kappa shape index (κ2) is 7.75. The highest BCUT2D eigenvalue weighted by Crippen LogP contribution is 2.08. The maximum Gasteiger partial charge on any atom is 0.347 e. The van der Waals surface area contributed by atoms with Crippen molar-refractivity contribution in [3.8, 4) is 5.75 Å². The van der Waals surface area contributed by atoms with Gasteiger partial charge in [-0.3, -0.25) is 4.57 Å². The lowest BCUT2D eigenvalue weighted by Gasteiger charge is -2.16. The standard InChI is InChI=1S/C17H23N3O2/c1-13-11-15(3)20(17(21)19-13)10-9-18-14(2)12-22-16-7-5-4-6-8-16/h4-8,11,14,18H,9-10,12H2,1-3H3/t14-/m0/s1. The van der Waals surface area contributed by atoms with E-state index in [1.165, 1.54) is 0 Å². The van der Waals surface area contributed by atoms with Gasteiger partial charge in [0.15, 0.2) is 0 Å². The van der Waals surface area contributed by atoms with Crippen LogP contribution in [0.5, 0.6) is 5.75 Å². The largest absolute Gasteiger partial charge is 0.492 e. The summed E-state index contributed by atoms with van der Waals surface area (Å²) in [4.78, 5) is 15.8. The quantitative estimate of drug-likeness (QED) is 0.849. The molecule has 0 spiro atoms. The Morgan fingerprint density at radius 2 is 2.00 bits per heavy atom. The van der Waals surface area contributed by atoms with Crippen LogP contribution in [0.15, 0.2) is 41.2 Å². The second-order valence-electron chi connectivity index (χ2n) is 5.45. The average molecular weight is 301 g/mol. The topological polar surface area (TPSA) is 56.2 Å². The normalized spacial score (nSPS) is 12.1. The van der Waals surface area contributed by atoms with Crippen molar-refractivity contribution in [2.24, 2.45) is 0 Å². The van der Waals surface area contributed by atoms with Crippen molar-refractivity contribution in [1.82, 2.24) is 14.9 Å². The number of ether oxygens (including phenoxy) is 1. The lowest BCUT2D eigenvalue weighted by Crippen LogP contribution is -2.36. The molecular weight excluding hydrogens is 278 g/mol. The van der Waals surface area contributed by atoms with Gasteiger partial charge in [0.25, 0.3) is 0 Å². The van der Waals surface area contributed by atoms with Gasteiger partial charge in [-0.25, -0.2) is 4.79 Å². The van der Waals surface area contributed by atoms with E-state index in [9.17, 15) is 4.79 Å². The number of aromatic nitrogens is 2. The highest BCUT2D eigenvalue weighted by atomic mass is 16.5. The monoisotopic (exact) mass is 301 g/mol. The number of benzene rings is 1. The Morgan fingerprint density at radius 1 is 1.27 bits per heavy atom. The molecule has 0 aliphatic heterocycles. The van der Waals surface area contributed by atoms with Crippen LogP contribution >= 0.6 is 0 Å². The molecule has 0 amide bonds. The predicted molar refractivity (Wildman–Crippen MR) is 87.4 cm³/mol. The molecule has 0 unspecified atom stereocenters. The van der Waals surface area contributed by atoms with Crippen LogP contribution in [0.4, 0.5) is 0 Å². The molecule has 0 aliphatic rings. The molecule has 2 aromatic rings. The third-order valence-corrected chi connectivity index (χ3v) is 3.42. The smallest absolute Gasteiger partial charge is 0.347 e. The van der Waals surface area contributed by atoms with Gasteiger partial charge >= 0.3 is 5.69 Å². The van der Waals surface area contributed by atoms with Gasteiger partial charge in [0.1, 0.15) is 12.4 Å². The maximum absolute atomic E-state index is 11.8. The molecule has 0 bridgehead atoms. The zero-order valence-corrected chi connectivity index (χ0v) is 13.4. The average Bonchev–Trinajstić information content (AvgIpc) is 2.49. The van der Waals surface area contributed by atoms with Crippen LogP contribution in [-0.2, 0) is 6.54 Å². The Kier molecular flexibility index (Phi) is 5.72. The van der Waals surface area contributed by atoms with Crippen molar-refractivity contribution in [2.45, 2.75) is 33.4 Å². The Labute approximate surface area is 131 Å². The first-order valence-electron chi connectivity index (χ1n) is 7.52. The van der Waals surface area contributed by atoms with E-state index in [1.807, 2.05) is 50.2 Å². The summed E-state index contributed by atoms with van der Waals surface area (Å²) < 4.78 is 7.38. The minimum absolute atomic E-state index is 0.188. The Balaban J connectivity index is 1.78. The third-order valence-electron chi connectivity index (χ3n) is 3.42. The van der Waals surface area contributed by atoms with Gasteiger partial charge in [-0.15, -0.1) is 0 Å². The molecule has 0 radical (unpaired) electrons. The van der Waals surface area contributed by atoms with Gasteiger partial charge in [-0.05, 0) is 39.0 Å². The van der Waals surface area contributed by atoms with E-state index in [0.29, 0.717) is 19.7 Å². The maximum atomic E-state index is 11.8. The van der Waals surface area contributed by atoms with E-state index >= 15 is 0 Å². The number of nitrogens with one attached hydrogen (secondary N) is 1. The highest BCUT2D eigenvalue weighted by molar-refractivity contribution is 5.20. The first-order chi connectivity index (χ1) is 10.6. The molecule has 5 heteroatoms. The highest BCUT2D eigenvalue weighted by Gasteiger charge is 2.05. The lowest BCUT2D eigenvalue weighted by molar-refractivity contribution is 0.272. The molecule has 1 atom stereocenters. The molecule has 22 heavy (non-hydrogen) atoms. The fourth-order valence-electron chi connectivity index (χ4n) is 2.27. The predicted octanol–water partition coefficient (Wildman–Crippen LogP) is 1.92. The van der Waals surface area contributed by atoms with Gasteiger partial charge < -0.3 is 10.1 Å². The van der Waals surface area contributed by atoms with Crippen LogP contribution in [-0.4, -0.2) is 28.7 Å². The van der Waals surface area contributed by atoms with Crippen molar-refractivity contribution >= 4 is 0 Å². The summed E-state index contributed by atoms with van der Waals surface area (Å²) >= 11 is 0. The summed E-state index contributed by atoms with van der Waals surface area (Å²) in [6, 6.07) is 11.9. The van der Waals surface area contributed by atoms with Crippen LogP contribution in [0, 0.1) is 13.8 Å². The summed E-state index contributed by atoms with van der Waals surface area (Å²) in [5, 5.41) is 3.36. The van der Waals surface area contributed by atoms with E-state index in [-0.39, 0.29) is 11.7 Å². The van der Waals surface area contributed by atoms with Gasteiger partial charge in [0, 0.05) is 30.5 Å². The van der Waals surface area contributed by atoms with Crippen molar-refractivity contribution in [2.75, 3.05) is 13.2 Å². The van der Waals surface area contributed by atoms with E-state index in [1.54, 1.807) is 4.57 Å². The molecule has 5 nitrogen and oxygen atoms in total. The molecule has 0 fully saturated rings. The summed E-state index contributed by atoms with van der Waals surface area (Å²) in [6.07, 6.45) is 0. The number of aryl methyl sites for hydroxylation is 2. The van der Waals surface area contributed by atoms with E-state index in [2.05, 4.69) is 17.2 Å². The van der Waals surface area contributed by atoms with Crippen LogP contribution in [0.25, 0.3) is 0 Å². The van der Waals surface area contributed by atoms with Gasteiger partial charge in [-0.1, -0.05) is 18.2 Å². The van der Waals surface area contributed by atoms with Gasteiger partial charge in [-0.2, -0.15) is 4.98 Å². The van der Waals surface area contributed by atoms with Crippen molar-refractivity contribution in [3.63, 3.8) is 0 Å². The fraction of sp³-hybridized carbons (Fsp3) is 0.412. The minimum atomic E-state index is -0.188. The molecule has 0 saturated carbocycles. The molecular formula is C17H23N3O2. The van der Waals surface area contributed by atoms with Crippen molar-refractivity contribution in [3.05, 3.63) is 58.3 Å². The molecule has 118 valence electrons. The van der Waals surface area contributed by atoms with Gasteiger partial charge in [0.2, 0.25) is 0 Å². The van der Waals surface area contributed by atoms with Crippen molar-refractivity contribution in [1.29, 1.82) is 0 Å². The zero-order chi connectivity index (χ0) is 15.9. The molecule has 1 aromatic carbocycles. The third kappa shape index (κ3) is 4.70.